The predicted molar refractivity (Wildman–Crippen MR) is 89.0 cm³/mol. The molecule has 2 aromatic carbocycles. The molecule has 1 amide bonds. The number of carbonyl (C=O) groups is 1. The standard InChI is InChI=1S/C17H19ClN2O/c1-3-11-7-5-8-12(4-2)16(11)20-17(21)13-9-6-10-14(18)15(13)19/h5-10H,3-4,19H2,1-2H3,(H,20,21). The molecule has 0 saturated carbocycles. The first-order valence-electron chi connectivity index (χ1n) is 7.04. The molecule has 0 heterocycles. The van der Waals surface area contributed by atoms with Crippen molar-refractivity contribution in [1.82, 2.24) is 0 Å². The van der Waals surface area contributed by atoms with Gasteiger partial charge in [0, 0.05) is 5.69 Å². The largest absolute Gasteiger partial charge is 0.397 e. The van der Waals surface area contributed by atoms with Gasteiger partial charge in [-0.3, -0.25) is 4.79 Å². The van der Waals surface area contributed by atoms with Crippen LogP contribution in [0.4, 0.5) is 11.4 Å². The molecule has 110 valence electrons. The summed E-state index contributed by atoms with van der Waals surface area (Å²) >= 11 is 5.97. The first-order valence-corrected chi connectivity index (χ1v) is 7.42. The Labute approximate surface area is 130 Å². The highest BCUT2D eigenvalue weighted by atomic mass is 35.5. The average Bonchev–Trinajstić information content (AvgIpc) is 2.50. The van der Waals surface area contributed by atoms with Crippen LogP contribution in [-0.4, -0.2) is 5.91 Å². The van der Waals surface area contributed by atoms with E-state index in [-0.39, 0.29) is 5.91 Å². The Hall–Kier alpha value is -2.00. The molecule has 0 atom stereocenters. The topological polar surface area (TPSA) is 55.1 Å². The number of nitrogens with two attached hydrogens (primary N) is 1. The van der Waals surface area contributed by atoms with Crippen molar-refractivity contribution in [3.05, 3.63) is 58.1 Å². The Morgan fingerprint density at radius 2 is 1.67 bits per heavy atom. The molecule has 2 aromatic rings. The molecule has 0 spiro atoms. The number of nitrogens with one attached hydrogen (secondary N) is 1. The second-order valence-electron chi connectivity index (χ2n) is 4.81. The SMILES string of the molecule is CCc1cccc(CC)c1NC(=O)c1cccc(Cl)c1N. The van der Waals surface area contributed by atoms with Crippen molar-refractivity contribution >= 4 is 28.9 Å². The Morgan fingerprint density at radius 3 is 2.24 bits per heavy atom. The highest BCUT2D eigenvalue weighted by Crippen LogP contribution is 2.26. The number of para-hydroxylation sites is 2. The minimum Gasteiger partial charge on any atom is -0.397 e. The van der Waals surface area contributed by atoms with E-state index < -0.39 is 0 Å². The normalized spacial score (nSPS) is 10.4. The van der Waals surface area contributed by atoms with Crippen molar-refractivity contribution in [2.24, 2.45) is 0 Å². The first-order chi connectivity index (χ1) is 10.1. The third-order valence-corrected chi connectivity index (χ3v) is 3.86. The molecule has 3 N–H and O–H groups in total. The quantitative estimate of drug-likeness (QED) is 0.827. The molecule has 0 aliphatic heterocycles. The third-order valence-electron chi connectivity index (χ3n) is 3.53. The maximum Gasteiger partial charge on any atom is 0.257 e. The van der Waals surface area contributed by atoms with Gasteiger partial charge in [0.15, 0.2) is 0 Å². The summed E-state index contributed by atoms with van der Waals surface area (Å²) in [6.07, 6.45) is 1.71. The van der Waals surface area contributed by atoms with Crippen LogP contribution in [0.25, 0.3) is 0 Å². The van der Waals surface area contributed by atoms with Gasteiger partial charge in [0.05, 0.1) is 16.3 Å². The lowest BCUT2D eigenvalue weighted by Gasteiger charge is -2.15. The summed E-state index contributed by atoms with van der Waals surface area (Å²) in [5.41, 5.74) is 9.70. The van der Waals surface area contributed by atoms with Crippen molar-refractivity contribution in [3.8, 4) is 0 Å². The molecule has 0 aliphatic rings. The Kier molecular flexibility index (Phi) is 4.86. The summed E-state index contributed by atoms with van der Waals surface area (Å²) < 4.78 is 0. The number of nitrogen functional groups attached to an aromatic ring is 1. The van der Waals surface area contributed by atoms with Gasteiger partial charge in [-0.05, 0) is 36.1 Å². The third kappa shape index (κ3) is 3.19. The zero-order valence-electron chi connectivity index (χ0n) is 12.2. The molecule has 21 heavy (non-hydrogen) atoms. The van der Waals surface area contributed by atoms with Crippen molar-refractivity contribution in [1.29, 1.82) is 0 Å². The number of hydrogen-bond donors (Lipinski definition) is 2. The highest BCUT2D eigenvalue weighted by Gasteiger charge is 2.15. The van der Waals surface area contributed by atoms with E-state index >= 15 is 0 Å². The van der Waals surface area contributed by atoms with E-state index in [9.17, 15) is 4.79 Å². The van der Waals surface area contributed by atoms with Crippen LogP contribution < -0.4 is 11.1 Å². The number of rotatable bonds is 4. The number of amides is 1. The van der Waals surface area contributed by atoms with Crippen LogP contribution in [0.15, 0.2) is 36.4 Å². The highest BCUT2D eigenvalue weighted by molar-refractivity contribution is 6.34. The molecule has 0 unspecified atom stereocenters. The van der Waals surface area contributed by atoms with Crippen LogP contribution >= 0.6 is 11.6 Å². The van der Waals surface area contributed by atoms with E-state index in [1.807, 2.05) is 18.2 Å². The van der Waals surface area contributed by atoms with Crippen LogP contribution in [0.2, 0.25) is 5.02 Å². The molecule has 0 saturated heterocycles. The van der Waals surface area contributed by atoms with E-state index in [0.29, 0.717) is 16.3 Å². The Bertz CT molecular complexity index is 646. The van der Waals surface area contributed by atoms with Crippen molar-refractivity contribution in [3.63, 3.8) is 0 Å². The molecule has 0 radical (unpaired) electrons. The summed E-state index contributed by atoms with van der Waals surface area (Å²) in [6, 6.07) is 11.1. The zero-order valence-corrected chi connectivity index (χ0v) is 13.0. The summed E-state index contributed by atoms with van der Waals surface area (Å²) in [4.78, 5) is 12.5. The van der Waals surface area contributed by atoms with Crippen LogP contribution in [0.5, 0.6) is 0 Å². The number of hydrogen-bond acceptors (Lipinski definition) is 2. The van der Waals surface area contributed by atoms with Crippen LogP contribution in [-0.2, 0) is 12.8 Å². The molecule has 3 nitrogen and oxygen atoms in total. The fraction of sp³-hybridized carbons (Fsp3) is 0.235. The van der Waals surface area contributed by atoms with Crippen molar-refractivity contribution in [2.45, 2.75) is 26.7 Å². The minimum absolute atomic E-state index is 0.231. The summed E-state index contributed by atoms with van der Waals surface area (Å²) in [5, 5.41) is 3.38. The van der Waals surface area contributed by atoms with Gasteiger partial charge < -0.3 is 11.1 Å². The van der Waals surface area contributed by atoms with Gasteiger partial charge >= 0.3 is 0 Å². The molecular weight excluding hydrogens is 284 g/mol. The van der Waals surface area contributed by atoms with Gasteiger partial charge in [0.2, 0.25) is 0 Å². The second kappa shape index (κ2) is 6.64. The number of benzene rings is 2. The van der Waals surface area contributed by atoms with Crippen LogP contribution in [0.1, 0.15) is 35.3 Å². The average molecular weight is 303 g/mol. The number of aryl methyl sites for hydroxylation is 2. The Morgan fingerprint density at radius 1 is 1.10 bits per heavy atom. The van der Waals surface area contributed by atoms with Gasteiger partial charge in [0.1, 0.15) is 0 Å². The molecule has 0 bridgehead atoms. The number of carbonyl (C=O) groups excluding carboxylic acids is 1. The molecular formula is C17H19ClN2O. The smallest absolute Gasteiger partial charge is 0.257 e. The molecule has 4 heteroatoms. The van der Waals surface area contributed by atoms with Crippen molar-refractivity contribution < 1.29 is 4.79 Å². The van der Waals surface area contributed by atoms with Crippen LogP contribution in [0, 0.1) is 0 Å². The lowest BCUT2D eigenvalue weighted by atomic mass is 10.0. The fourth-order valence-electron chi connectivity index (χ4n) is 2.32. The monoisotopic (exact) mass is 302 g/mol. The predicted octanol–water partition coefficient (Wildman–Crippen LogP) is 4.30. The van der Waals surface area contributed by atoms with E-state index in [1.54, 1.807) is 18.2 Å². The van der Waals surface area contributed by atoms with E-state index in [0.717, 1.165) is 29.7 Å². The van der Waals surface area contributed by atoms with E-state index in [4.69, 9.17) is 17.3 Å². The summed E-state index contributed by atoms with van der Waals surface area (Å²) in [7, 11) is 0. The van der Waals surface area contributed by atoms with Gasteiger partial charge in [-0.2, -0.15) is 0 Å². The second-order valence-corrected chi connectivity index (χ2v) is 5.22. The lowest BCUT2D eigenvalue weighted by molar-refractivity contribution is 0.102. The maximum absolute atomic E-state index is 12.5. The van der Waals surface area contributed by atoms with Crippen molar-refractivity contribution in [2.75, 3.05) is 11.1 Å². The number of halogens is 1. The van der Waals surface area contributed by atoms with Crippen LogP contribution in [0.3, 0.4) is 0 Å². The zero-order chi connectivity index (χ0) is 15.4. The molecule has 0 fully saturated rings. The molecule has 0 aromatic heterocycles. The summed E-state index contributed by atoms with van der Waals surface area (Å²) in [6.45, 7) is 4.14. The maximum atomic E-state index is 12.5. The summed E-state index contributed by atoms with van der Waals surface area (Å²) in [5.74, 6) is -0.231. The van der Waals surface area contributed by atoms with Gasteiger partial charge in [-0.15, -0.1) is 0 Å². The first kappa shape index (κ1) is 15.4. The minimum atomic E-state index is -0.231. The van der Waals surface area contributed by atoms with E-state index in [1.165, 1.54) is 0 Å². The van der Waals surface area contributed by atoms with E-state index in [2.05, 4.69) is 19.2 Å². The van der Waals surface area contributed by atoms with Gasteiger partial charge in [-0.1, -0.05) is 49.7 Å². The molecule has 0 aliphatic carbocycles. The number of anilines is 2. The Balaban J connectivity index is 2.38. The molecule has 2 rings (SSSR count). The van der Waals surface area contributed by atoms with Gasteiger partial charge in [-0.25, -0.2) is 0 Å². The fourth-order valence-corrected chi connectivity index (χ4v) is 2.49. The van der Waals surface area contributed by atoms with Gasteiger partial charge in [0.25, 0.3) is 5.91 Å². The lowest BCUT2D eigenvalue weighted by Crippen LogP contribution is -2.16.